The van der Waals surface area contributed by atoms with Crippen molar-refractivity contribution in [3.05, 3.63) is 217 Å². The number of aromatic nitrogens is 2. The number of rotatable bonds is 5. The van der Waals surface area contributed by atoms with E-state index in [2.05, 4.69) is 214 Å². The minimum atomic E-state index is -0.119. The first kappa shape index (κ1) is 35.3. The van der Waals surface area contributed by atoms with E-state index in [-0.39, 0.29) is 5.41 Å². The molecule has 286 valence electrons. The fourth-order valence-electron chi connectivity index (χ4n) is 10.3. The standard InChI is InChI=1S/C59H40N2/c1-59(2)50-30-16-15-28-47(50)56-48(29-17-31-51(56)59)53-36-52(60-58(61-53)39-21-7-4-8-22-39)43-34-35-46(42-25-12-11-24-41(42)43)55-45-27-14-13-26-44(45)54(38-19-5-3-6-20-38)57-40-23-10-9-18-37(40)32-33-49(55)57/h3-36H,1-2H3. The molecule has 0 N–H and O–H groups in total. The molecule has 0 saturated heterocycles. The maximum Gasteiger partial charge on any atom is 0.160 e. The van der Waals surface area contributed by atoms with Crippen molar-refractivity contribution >= 4 is 43.1 Å². The lowest BCUT2D eigenvalue weighted by Gasteiger charge is -2.21. The number of hydrogen-bond donors (Lipinski definition) is 0. The van der Waals surface area contributed by atoms with Gasteiger partial charge in [-0.2, -0.15) is 0 Å². The number of hydrogen-bond acceptors (Lipinski definition) is 2. The number of fused-ring (bicyclic) bond motifs is 8. The average molecular weight is 777 g/mol. The van der Waals surface area contributed by atoms with Crippen molar-refractivity contribution in [3.63, 3.8) is 0 Å². The molecule has 1 aliphatic rings. The van der Waals surface area contributed by atoms with Gasteiger partial charge in [0.05, 0.1) is 11.4 Å². The zero-order valence-corrected chi connectivity index (χ0v) is 34.0. The van der Waals surface area contributed by atoms with E-state index < -0.39 is 0 Å². The molecular weight excluding hydrogens is 737 g/mol. The Morgan fingerprint density at radius 2 is 0.869 bits per heavy atom. The molecule has 1 heterocycles. The summed E-state index contributed by atoms with van der Waals surface area (Å²) in [6.07, 6.45) is 0. The lowest BCUT2D eigenvalue weighted by molar-refractivity contribution is 0.660. The molecule has 0 saturated carbocycles. The fourth-order valence-corrected chi connectivity index (χ4v) is 10.3. The smallest absolute Gasteiger partial charge is 0.160 e. The zero-order valence-electron chi connectivity index (χ0n) is 34.0. The van der Waals surface area contributed by atoms with E-state index in [4.69, 9.17) is 9.97 Å². The number of nitrogens with zero attached hydrogens (tertiary/aromatic N) is 2. The molecule has 0 amide bonds. The average Bonchev–Trinajstić information content (AvgIpc) is 3.56. The predicted molar refractivity (Wildman–Crippen MR) is 257 cm³/mol. The van der Waals surface area contributed by atoms with E-state index >= 15 is 0 Å². The van der Waals surface area contributed by atoms with E-state index in [1.807, 2.05) is 6.07 Å². The third kappa shape index (κ3) is 5.42. The SMILES string of the molecule is CC1(C)c2ccccc2-c2c(-c3cc(-c4ccc(-c5c6ccccc6c(-c6ccccc6)c6c5ccc5ccccc56)c5ccccc45)nc(-c4ccccc4)n3)cccc21. The Hall–Kier alpha value is -7.68. The van der Waals surface area contributed by atoms with E-state index in [1.54, 1.807) is 0 Å². The second kappa shape index (κ2) is 13.7. The summed E-state index contributed by atoms with van der Waals surface area (Å²) in [5.74, 6) is 0.713. The van der Waals surface area contributed by atoms with Gasteiger partial charge in [0.15, 0.2) is 5.82 Å². The quantitative estimate of drug-likeness (QED) is 0.128. The van der Waals surface area contributed by atoms with Gasteiger partial charge >= 0.3 is 0 Å². The molecule has 0 spiro atoms. The van der Waals surface area contributed by atoms with Crippen molar-refractivity contribution < 1.29 is 0 Å². The van der Waals surface area contributed by atoms with Crippen LogP contribution in [0.5, 0.6) is 0 Å². The number of benzene rings is 10. The van der Waals surface area contributed by atoms with Crippen LogP contribution in [0.4, 0.5) is 0 Å². The van der Waals surface area contributed by atoms with Crippen molar-refractivity contribution in [1.29, 1.82) is 0 Å². The van der Waals surface area contributed by atoms with Gasteiger partial charge in [-0.3, -0.25) is 0 Å². The van der Waals surface area contributed by atoms with Crippen LogP contribution < -0.4 is 0 Å². The van der Waals surface area contributed by atoms with Gasteiger partial charge in [-0.1, -0.05) is 214 Å². The highest BCUT2D eigenvalue weighted by atomic mass is 14.9. The second-order valence-corrected chi connectivity index (χ2v) is 16.8. The van der Waals surface area contributed by atoms with Gasteiger partial charge in [0.2, 0.25) is 0 Å². The third-order valence-corrected chi connectivity index (χ3v) is 13.1. The lowest BCUT2D eigenvalue weighted by atomic mass is 9.82. The van der Waals surface area contributed by atoms with Gasteiger partial charge in [0.1, 0.15) is 0 Å². The van der Waals surface area contributed by atoms with Gasteiger partial charge in [-0.05, 0) is 93.7 Å². The van der Waals surface area contributed by atoms with Crippen LogP contribution >= 0.6 is 0 Å². The highest BCUT2D eigenvalue weighted by Crippen LogP contribution is 2.53. The Labute approximate surface area is 355 Å². The summed E-state index contributed by atoms with van der Waals surface area (Å²) in [5, 5.41) is 9.83. The summed E-state index contributed by atoms with van der Waals surface area (Å²) in [4.78, 5) is 10.7. The lowest BCUT2D eigenvalue weighted by Crippen LogP contribution is -2.14. The van der Waals surface area contributed by atoms with Gasteiger partial charge in [0.25, 0.3) is 0 Å². The van der Waals surface area contributed by atoms with Gasteiger partial charge in [-0.25, -0.2) is 9.97 Å². The van der Waals surface area contributed by atoms with Crippen molar-refractivity contribution in [2.24, 2.45) is 0 Å². The Bertz CT molecular complexity index is 3550. The Morgan fingerprint density at radius 1 is 0.328 bits per heavy atom. The molecule has 2 nitrogen and oxygen atoms in total. The van der Waals surface area contributed by atoms with E-state index in [0.717, 1.165) is 33.5 Å². The van der Waals surface area contributed by atoms with Crippen LogP contribution in [-0.2, 0) is 5.41 Å². The molecule has 0 aliphatic heterocycles. The summed E-state index contributed by atoms with van der Waals surface area (Å²) in [6.45, 7) is 4.67. The molecule has 0 fully saturated rings. The van der Waals surface area contributed by atoms with Crippen LogP contribution in [0.3, 0.4) is 0 Å². The monoisotopic (exact) mass is 776 g/mol. The third-order valence-electron chi connectivity index (χ3n) is 13.1. The molecule has 12 rings (SSSR count). The molecule has 0 radical (unpaired) electrons. The maximum absolute atomic E-state index is 5.39. The Kier molecular flexibility index (Phi) is 7.92. The largest absolute Gasteiger partial charge is 0.228 e. The summed E-state index contributed by atoms with van der Waals surface area (Å²) >= 11 is 0. The molecule has 10 aromatic carbocycles. The van der Waals surface area contributed by atoms with Crippen LogP contribution in [0.15, 0.2) is 206 Å². The molecular formula is C59H40N2. The maximum atomic E-state index is 5.39. The Morgan fingerprint density at radius 3 is 1.62 bits per heavy atom. The topological polar surface area (TPSA) is 25.8 Å². The minimum Gasteiger partial charge on any atom is -0.228 e. The first-order valence-electron chi connectivity index (χ1n) is 21.2. The summed E-state index contributed by atoms with van der Waals surface area (Å²) in [5.41, 5.74) is 15.0. The van der Waals surface area contributed by atoms with E-state index in [0.29, 0.717) is 5.82 Å². The van der Waals surface area contributed by atoms with Gasteiger partial charge < -0.3 is 0 Å². The van der Waals surface area contributed by atoms with Crippen molar-refractivity contribution in [3.8, 4) is 67.3 Å². The molecule has 1 aliphatic carbocycles. The van der Waals surface area contributed by atoms with E-state index in [1.165, 1.54) is 82.2 Å². The second-order valence-electron chi connectivity index (χ2n) is 16.8. The molecule has 0 unspecified atom stereocenters. The first-order valence-corrected chi connectivity index (χ1v) is 21.2. The van der Waals surface area contributed by atoms with Crippen molar-refractivity contribution in [2.45, 2.75) is 19.3 Å². The highest BCUT2D eigenvalue weighted by Gasteiger charge is 2.37. The van der Waals surface area contributed by atoms with Crippen LogP contribution in [-0.4, -0.2) is 9.97 Å². The van der Waals surface area contributed by atoms with E-state index in [9.17, 15) is 0 Å². The van der Waals surface area contributed by atoms with Crippen LogP contribution in [0.1, 0.15) is 25.0 Å². The molecule has 0 atom stereocenters. The van der Waals surface area contributed by atoms with Crippen LogP contribution in [0, 0.1) is 0 Å². The minimum absolute atomic E-state index is 0.119. The van der Waals surface area contributed by atoms with Gasteiger partial charge in [0, 0.05) is 22.1 Å². The van der Waals surface area contributed by atoms with Crippen LogP contribution in [0.2, 0.25) is 0 Å². The summed E-state index contributed by atoms with van der Waals surface area (Å²) in [7, 11) is 0. The predicted octanol–water partition coefficient (Wildman–Crippen LogP) is 15.7. The molecule has 1 aromatic heterocycles. The zero-order chi connectivity index (χ0) is 40.7. The molecule has 11 aromatic rings. The van der Waals surface area contributed by atoms with Crippen LogP contribution in [0.25, 0.3) is 110 Å². The fraction of sp³-hybridized carbons (Fsp3) is 0.0508. The van der Waals surface area contributed by atoms with Gasteiger partial charge in [-0.15, -0.1) is 0 Å². The molecule has 61 heavy (non-hydrogen) atoms. The Balaban J connectivity index is 1.13. The molecule has 0 bridgehead atoms. The normalized spacial score (nSPS) is 12.9. The highest BCUT2D eigenvalue weighted by molar-refractivity contribution is 6.29. The first-order chi connectivity index (χ1) is 30.0. The molecule has 2 heteroatoms. The van der Waals surface area contributed by atoms with Crippen molar-refractivity contribution in [1.82, 2.24) is 9.97 Å². The summed E-state index contributed by atoms with van der Waals surface area (Å²) in [6, 6.07) is 74.9. The summed E-state index contributed by atoms with van der Waals surface area (Å²) < 4.78 is 0. The van der Waals surface area contributed by atoms with Crippen molar-refractivity contribution in [2.75, 3.05) is 0 Å².